The van der Waals surface area contributed by atoms with E-state index >= 15 is 0 Å². The number of likely N-dealkylation sites (tertiary alicyclic amines) is 1. The highest BCUT2D eigenvalue weighted by atomic mass is 35.5. The lowest BCUT2D eigenvalue weighted by molar-refractivity contribution is -0.129. The number of hydrogen-bond donors (Lipinski definition) is 3. The van der Waals surface area contributed by atoms with Crippen LogP contribution >= 0.6 is 11.6 Å². The normalized spacial score (nSPS) is 15.2. The Hall–Kier alpha value is -1.86. The van der Waals surface area contributed by atoms with Gasteiger partial charge < -0.3 is 10.2 Å². The van der Waals surface area contributed by atoms with Crippen LogP contribution in [0, 0.1) is 11.7 Å². The van der Waals surface area contributed by atoms with Gasteiger partial charge in [0.1, 0.15) is 5.82 Å². The summed E-state index contributed by atoms with van der Waals surface area (Å²) in [6, 6.07) is 3.89. The standard InChI is InChI=1S/C16H21ClFN3O3/c17-12-4-2-5-13(18)15(12)19-16(23)21-9-7-11(8-10-21)3-1-6-14(22)20-24/h2,4-5,11,24H,1,3,6-10H2,(H,19,23)(H,20,22). The van der Waals surface area contributed by atoms with E-state index in [4.69, 9.17) is 16.8 Å². The number of piperidine rings is 1. The van der Waals surface area contributed by atoms with E-state index in [1.807, 2.05) is 0 Å². The zero-order valence-corrected chi connectivity index (χ0v) is 14.0. The molecule has 8 heteroatoms. The second-order valence-corrected chi connectivity index (χ2v) is 6.29. The number of nitrogens with zero attached hydrogens (tertiary/aromatic N) is 1. The first-order valence-corrected chi connectivity index (χ1v) is 8.32. The zero-order chi connectivity index (χ0) is 17.5. The Morgan fingerprint density at radius 3 is 2.67 bits per heavy atom. The molecule has 1 aliphatic heterocycles. The molecule has 1 fully saturated rings. The van der Waals surface area contributed by atoms with Gasteiger partial charge in [-0.1, -0.05) is 17.7 Å². The molecule has 1 heterocycles. The number of hydroxylamine groups is 1. The number of urea groups is 1. The van der Waals surface area contributed by atoms with E-state index in [0.717, 1.165) is 19.3 Å². The summed E-state index contributed by atoms with van der Waals surface area (Å²) in [4.78, 5) is 24.8. The summed E-state index contributed by atoms with van der Waals surface area (Å²) in [5, 5.41) is 11.1. The predicted molar refractivity (Wildman–Crippen MR) is 88.5 cm³/mol. The van der Waals surface area contributed by atoms with E-state index in [0.29, 0.717) is 31.8 Å². The van der Waals surface area contributed by atoms with Crippen LogP contribution in [0.4, 0.5) is 14.9 Å². The summed E-state index contributed by atoms with van der Waals surface area (Å²) < 4.78 is 13.7. The maximum atomic E-state index is 13.7. The van der Waals surface area contributed by atoms with Crippen molar-refractivity contribution in [1.29, 1.82) is 0 Å². The lowest BCUT2D eigenvalue weighted by atomic mass is 9.91. The van der Waals surface area contributed by atoms with E-state index in [1.54, 1.807) is 10.4 Å². The first-order chi connectivity index (χ1) is 11.5. The van der Waals surface area contributed by atoms with Gasteiger partial charge in [0.25, 0.3) is 0 Å². The highest BCUT2D eigenvalue weighted by molar-refractivity contribution is 6.33. The number of amides is 3. The molecule has 2 rings (SSSR count). The number of anilines is 1. The van der Waals surface area contributed by atoms with Gasteiger partial charge in [0, 0.05) is 19.5 Å². The number of nitrogens with one attached hydrogen (secondary N) is 2. The number of rotatable bonds is 5. The summed E-state index contributed by atoms with van der Waals surface area (Å²) in [6.07, 6.45) is 3.54. The van der Waals surface area contributed by atoms with Crippen molar-refractivity contribution in [3.05, 3.63) is 29.0 Å². The van der Waals surface area contributed by atoms with Crippen molar-refractivity contribution in [2.45, 2.75) is 32.1 Å². The third-order valence-corrected chi connectivity index (χ3v) is 4.55. The van der Waals surface area contributed by atoms with Crippen LogP contribution in [-0.2, 0) is 4.79 Å². The minimum absolute atomic E-state index is 0.00121. The zero-order valence-electron chi connectivity index (χ0n) is 13.2. The summed E-state index contributed by atoms with van der Waals surface area (Å²) in [5.74, 6) is -0.501. The van der Waals surface area contributed by atoms with Crippen LogP contribution in [0.25, 0.3) is 0 Å². The first-order valence-electron chi connectivity index (χ1n) is 7.94. The lowest BCUT2D eigenvalue weighted by Gasteiger charge is -2.32. The highest BCUT2D eigenvalue weighted by Gasteiger charge is 2.23. The minimum Gasteiger partial charge on any atom is -0.325 e. The number of benzene rings is 1. The Bertz CT molecular complexity index is 572. The van der Waals surface area contributed by atoms with Gasteiger partial charge in [-0.25, -0.2) is 14.7 Å². The van der Waals surface area contributed by atoms with Crippen LogP contribution in [0.3, 0.4) is 0 Å². The number of hydrogen-bond acceptors (Lipinski definition) is 3. The van der Waals surface area contributed by atoms with Gasteiger partial charge in [-0.05, 0) is 43.7 Å². The molecule has 0 spiro atoms. The van der Waals surface area contributed by atoms with Gasteiger partial charge in [0.05, 0.1) is 10.7 Å². The van der Waals surface area contributed by atoms with Crippen molar-refractivity contribution < 1.29 is 19.2 Å². The molecule has 0 aromatic heterocycles. The van der Waals surface area contributed by atoms with E-state index in [1.165, 1.54) is 18.2 Å². The van der Waals surface area contributed by atoms with Crippen molar-refractivity contribution in [3.63, 3.8) is 0 Å². The molecule has 0 atom stereocenters. The maximum absolute atomic E-state index is 13.7. The van der Waals surface area contributed by atoms with Gasteiger partial charge in [0.15, 0.2) is 0 Å². The Kier molecular flexibility index (Phi) is 6.81. The van der Waals surface area contributed by atoms with Crippen LogP contribution in [0.5, 0.6) is 0 Å². The SMILES string of the molecule is O=C(CCCC1CCN(C(=O)Nc2c(F)cccc2Cl)CC1)NO. The van der Waals surface area contributed by atoms with E-state index in [-0.39, 0.29) is 22.6 Å². The molecule has 3 amide bonds. The molecule has 0 bridgehead atoms. The summed E-state index contributed by atoms with van der Waals surface area (Å²) >= 11 is 5.91. The summed E-state index contributed by atoms with van der Waals surface area (Å²) in [7, 11) is 0. The lowest BCUT2D eigenvalue weighted by Crippen LogP contribution is -2.41. The second kappa shape index (κ2) is 8.84. The van der Waals surface area contributed by atoms with Crippen molar-refractivity contribution in [2.75, 3.05) is 18.4 Å². The number of halogens is 2. The molecule has 0 radical (unpaired) electrons. The van der Waals surface area contributed by atoms with Gasteiger partial charge in [-0.15, -0.1) is 0 Å². The fourth-order valence-corrected chi connectivity index (χ4v) is 3.05. The monoisotopic (exact) mass is 357 g/mol. The Morgan fingerprint density at radius 2 is 2.04 bits per heavy atom. The molecule has 1 saturated heterocycles. The first kappa shape index (κ1) is 18.5. The van der Waals surface area contributed by atoms with Crippen LogP contribution in [0.2, 0.25) is 5.02 Å². The molecular formula is C16H21ClFN3O3. The molecule has 0 aliphatic carbocycles. The molecule has 24 heavy (non-hydrogen) atoms. The molecule has 1 aromatic rings. The molecule has 132 valence electrons. The van der Waals surface area contributed by atoms with Crippen LogP contribution in [0.15, 0.2) is 18.2 Å². The van der Waals surface area contributed by atoms with Crippen molar-refractivity contribution in [3.8, 4) is 0 Å². The fourth-order valence-electron chi connectivity index (χ4n) is 2.84. The smallest absolute Gasteiger partial charge is 0.321 e. The van der Waals surface area contributed by atoms with Gasteiger partial charge in [-0.2, -0.15) is 0 Å². The van der Waals surface area contributed by atoms with Crippen molar-refractivity contribution in [2.24, 2.45) is 5.92 Å². The predicted octanol–water partition coefficient (Wildman–Crippen LogP) is 3.40. The Morgan fingerprint density at radius 1 is 1.33 bits per heavy atom. The molecule has 3 N–H and O–H groups in total. The van der Waals surface area contributed by atoms with Gasteiger partial charge in [-0.3, -0.25) is 10.0 Å². The van der Waals surface area contributed by atoms with E-state index < -0.39 is 5.82 Å². The molecule has 1 aliphatic rings. The highest BCUT2D eigenvalue weighted by Crippen LogP contribution is 2.26. The number of carbonyl (C=O) groups is 2. The topological polar surface area (TPSA) is 81.7 Å². The third kappa shape index (κ3) is 5.07. The fraction of sp³-hybridized carbons (Fsp3) is 0.500. The Labute approximate surface area is 144 Å². The molecule has 0 unspecified atom stereocenters. The number of carbonyl (C=O) groups excluding carboxylic acids is 2. The van der Waals surface area contributed by atoms with Crippen LogP contribution < -0.4 is 10.8 Å². The van der Waals surface area contributed by atoms with Crippen molar-refractivity contribution in [1.82, 2.24) is 10.4 Å². The van der Waals surface area contributed by atoms with E-state index in [9.17, 15) is 14.0 Å². The van der Waals surface area contributed by atoms with Crippen LogP contribution in [-0.4, -0.2) is 35.1 Å². The van der Waals surface area contributed by atoms with E-state index in [2.05, 4.69) is 5.32 Å². The molecule has 0 saturated carbocycles. The maximum Gasteiger partial charge on any atom is 0.321 e. The summed E-state index contributed by atoms with van der Waals surface area (Å²) in [5.41, 5.74) is 1.62. The van der Waals surface area contributed by atoms with Crippen LogP contribution in [0.1, 0.15) is 32.1 Å². The second-order valence-electron chi connectivity index (χ2n) is 5.88. The van der Waals surface area contributed by atoms with Gasteiger partial charge >= 0.3 is 6.03 Å². The van der Waals surface area contributed by atoms with Gasteiger partial charge in [0.2, 0.25) is 5.91 Å². The van der Waals surface area contributed by atoms with Crippen molar-refractivity contribution >= 4 is 29.2 Å². The molecule has 1 aromatic carbocycles. The quantitative estimate of drug-likeness (QED) is 0.558. The average Bonchev–Trinajstić information content (AvgIpc) is 2.58. The molecule has 6 nitrogen and oxygen atoms in total. The third-order valence-electron chi connectivity index (χ3n) is 4.24. The minimum atomic E-state index is -0.562. The Balaban J connectivity index is 1.77. The number of para-hydroxylation sites is 1. The largest absolute Gasteiger partial charge is 0.325 e. The average molecular weight is 358 g/mol. The summed E-state index contributed by atoms with van der Waals surface area (Å²) in [6.45, 7) is 1.16. The molecular weight excluding hydrogens is 337 g/mol.